The van der Waals surface area contributed by atoms with Crippen LogP contribution in [0.15, 0.2) is 24.3 Å². The lowest BCUT2D eigenvalue weighted by atomic mass is 9.65. The van der Waals surface area contributed by atoms with E-state index in [1.54, 1.807) is 0 Å². The molecule has 0 spiro atoms. The van der Waals surface area contributed by atoms with Gasteiger partial charge in [0, 0.05) is 5.41 Å². The molecule has 1 aliphatic carbocycles. The van der Waals surface area contributed by atoms with Crippen molar-refractivity contribution in [2.24, 2.45) is 5.92 Å². The minimum absolute atomic E-state index is 0.0163. The minimum Gasteiger partial charge on any atom is -0.466 e. The second-order valence-corrected chi connectivity index (χ2v) is 5.22. The molecule has 2 heteroatoms. The number of carbonyl (C=O) groups is 1. The van der Waals surface area contributed by atoms with Crippen molar-refractivity contribution in [1.82, 2.24) is 0 Å². The fourth-order valence-electron chi connectivity index (χ4n) is 2.87. The Balaban J connectivity index is 2.34. The molecule has 0 saturated carbocycles. The van der Waals surface area contributed by atoms with E-state index >= 15 is 0 Å². The maximum Gasteiger partial charge on any atom is 0.309 e. The van der Waals surface area contributed by atoms with Gasteiger partial charge >= 0.3 is 5.97 Å². The van der Waals surface area contributed by atoms with Gasteiger partial charge in [0.05, 0.1) is 12.5 Å². The summed E-state index contributed by atoms with van der Waals surface area (Å²) in [6, 6.07) is 8.42. The normalized spacial score (nSPS) is 21.7. The predicted octanol–water partition coefficient (Wildman–Crippen LogP) is 3.09. The van der Waals surface area contributed by atoms with Gasteiger partial charge in [0.15, 0.2) is 0 Å². The number of hydrogen-bond acceptors (Lipinski definition) is 2. The van der Waals surface area contributed by atoms with Crippen LogP contribution in [-0.4, -0.2) is 12.6 Å². The van der Waals surface area contributed by atoms with Gasteiger partial charge in [-0.2, -0.15) is 0 Å². The van der Waals surface area contributed by atoms with Crippen LogP contribution in [0.25, 0.3) is 0 Å². The summed E-state index contributed by atoms with van der Waals surface area (Å²) < 4.78 is 5.19. The third-order valence-corrected chi connectivity index (χ3v) is 3.86. The summed E-state index contributed by atoms with van der Waals surface area (Å²) in [4.78, 5) is 12.0. The van der Waals surface area contributed by atoms with Crippen molar-refractivity contribution in [2.75, 3.05) is 6.61 Å². The van der Waals surface area contributed by atoms with Crippen LogP contribution in [0.4, 0.5) is 0 Å². The number of ether oxygens (including phenoxy) is 1. The molecule has 1 aromatic carbocycles. The lowest BCUT2D eigenvalue weighted by Crippen LogP contribution is -2.40. The number of carbonyl (C=O) groups excluding carboxylic acids is 1. The van der Waals surface area contributed by atoms with Crippen molar-refractivity contribution >= 4 is 5.97 Å². The fraction of sp³-hybridized carbons (Fsp3) is 0.533. The first kappa shape index (κ1) is 12.2. The molecule has 2 rings (SSSR count). The highest BCUT2D eigenvalue weighted by Gasteiger charge is 2.41. The summed E-state index contributed by atoms with van der Waals surface area (Å²) in [6.45, 7) is 6.62. The van der Waals surface area contributed by atoms with Crippen molar-refractivity contribution < 1.29 is 9.53 Å². The third kappa shape index (κ3) is 2.08. The van der Waals surface area contributed by atoms with E-state index in [9.17, 15) is 4.79 Å². The average molecular weight is 232 g/mol. The first-order valence-electron chi connectivity index (χ1n) is 6.32. The smallest absolute Gasteiger partial charge is 0.309 e. The van der Waals surface area contributed by atoms with E-state index in [1.165, 1.54) is 11.1 Å². The number of fused-ring (bicyclic) bond motifs is 1. The second-order valence-electron chi connectivity index (χ2n) is 5.22. The molecule has 1 unspecified atom stereocenters. The quantitative estimate of drug-likeness (QED) is 0.732. The largest absolute Gasteiger partial charge is 0.466 e. The Kier molecular flexibility index (Phi) is 3.23. The van der Waals surface area contributed by atoms with Gasteiger partial charge in [-0.3, -0.25) is 4.79 Å². The zero-order valence-corrected chi connectivity index (χ0v) is 10.8. The van der Waals surface area contributed by atoms with Crippen LogP contribution in [0.5, 0.6) is 0 Å². The van der Waals surface area contributed by atoms with Crippen molar-refractivity contribution in [3.63, 3.8) is 0 Å². The van der Waals surface area contributed by atoms with Crippen LogP contribution < -0.4 is 0 Å². The van der Waals surface area contributed by atoms with Crippen LogP contribution in [0.3, 0.4) is 0 Å². The minimum atomic E-state index is -0.124. The summed E-state index contributed by atoms with van der Waals surface area (Å²) in [5.74, 6) is -0.0654. The molecule has 0 aromatic heterocycles. The fourth-order valence-corrected chi connectivity index (χ4v) is 2.87. The van der Waals surface area contributed by atoms with Crippen molar-refractivity contribution in [1.29, 1.82) is 0 Å². The van der Waals surface area contributed by atoms with Gasteiger partial charge in [-0.1, -0.05) is 38.1 Å². The summed E-state index contributed by atoms with van der Waals surface area (Å²) >= 11 is 0. The first-order chi connectivity index (χ1) is 8.07. The highest BCUT2D eigenvalue weighted by molar-refractivity contribution is 5.75. The molecule has 0 amide bonds. The molecule has 1 aromatic rings. The molecule has 0 N–H and O–H groups in total. The number of benzene rings is 1. The first-order valence-corrected chi connectivity index (χ1v) is 6.32. The van der Waals surface area contributed by atoms with E-state index < -0.39 is 0 Å². The van der Waals surface area contributed by atoms with Crippen molar-refractivity contribution in [2.45, 2.75) is 39.0 Å². The molecule has 0 saturated heterocycles. The highest BCUT2D eigenvalue weighted by atomic mass is 16.5. The summed E-state index contributed by atoms with van der Waals surface area (Å²) in [7, 11) is 0. The van der Waals surface area contributed by atoms with Crippen LogP contribution in [0.1, 0.15) is 38.3 Å². The SMILES string of the molecule is CCOC(=O)C1CCc2ccccc2C1(C)C. The molecule has 0 heterocycles. The lowest BCUT2D eigenvalue weighted by molar-refractivity contribution is -0.150. The number of esters is 1. The molecular formula is C15H20O2. The molecule has 0 radical (unpaired) electrons. The lowest BCUT2D eigenvalue weighted by Gasteiger charge is -2.38. The van der Waals surface area contributed by atoms with Crippen molar-refractivity contribution in [3.8, 4) is 0 Å². The van der Waals surface area contributed by atoms with Crippen LogP contribution in [-0.2, 0) is 21.4 Å². The maximum atomic E-state index is 12.0. The summed E-state index contributed by atoms with van der Waals surface area (Å²) in [5.41, 5.74) is 2.54. The molecule has 17 heavy (non-hydrogen) atoms. The second kappa shape index (κ2) is 4.52. The van der Waals surface area contributed by atoms with E-state index in [1.807, 2.05) is 13.0 Å². The molecule has 92 valence electrons. The van der Waals surface area contributed by atoms with E-state index in [-0.39, 0.29) is 17.3 Å². The molecule has 0 aliphatic heterocycles. The van der Waals surface area contributed by atoms with Gasteiger partial charge in [-0.25, -0.2) is 0 Å². The van der Waals surface area contributed by atoms with Crippen LogP contribution >= 0.6 is 0 Å². The van der Waals surface area contributed by atoms with Crippen LogP contribution in [0.2, 0.25) is 0 Å². The average Bonchev–Trinajstić information content (AvgIpc) is 2.29. The monoisotopic (exact) mass is 232 g/mol. The standard InChI is InChI=1S/C15H20O2/c1-4-17-14(16)13-10-9-11-7-5-6-8-12(11)15(13,2)3/h5-8,13H,4,9-10H2,1-3H3. The topological polar surface area (TPSA) is 26.3 Å². The zero-order chi connectivity index (χ0) is 12.5. The van der Waals surface area contributed by atoms with Gasteiger partial charge in [0.25, 0.3) is 0 Å². The van der Waals surface area contributed by atoms with E-state index in [0.29, 0.717) is 6.61 Å². The Bertz CT molecular complexity index is 421. The number of hydrogen-bond donors (Lipinski definition) is 0. The molecule has 2 nitrogen and oxygen atoms in total. The summed E-state index contributed by atoms with van der Waals surface area (Å²) in [5, 5.41) is 0. The van der Waals surface area contributed by atoms with E-state index in [4.69, 9.17) is 4.74 Å². The van der Waals surface area contributed by atoms with Gasteiger partial charge in [-0.05, 0) is 30.9 Å². The molecule has 0 bridgehead atoms. The Morgan fingerprint density at radius 1 is 1.41 bits per heavy atom. The maximum absolute atomic E-state index is 12.0. The zero-order valence-electron chi connectivity index (χ0n) is 10.8. The number of rotatable bonds is 2. The molecule has 0 fully saturated rings. The molecule has 1 atom stereocenters. The Labute approximate surface area is 103 Å². The van der Waals surface area contributed by atoms with E-state index in [2.05, 4.69) is 32.0 Å². The Hall–Kier alpha value is -1.31. The third-order valence-electron chi connectivity index (χ3n) is 3.86. The van der Waals surface area contributed by atoms with Gasteiger partial charge in [-0.15, -0.1) is 0 Å². The van der Waals surface area contributed by atoms with Crippen LogP contribution in [0, 0.1) is 5.92 Å². The highest BCUT2D eigenvalue weighted by Crippen LogP contribution is 2.41. The van der Waals surface area contributed by atoms with Crippen molar-refractivity contribution in [3.05, 3.63) is 35.4 Å². The van der Waals surface area contributed by atoms with Gasteiger partial charge in [0.2, 0.25) is 0 Å². The number of aryl methyl sites for hydroxylation is 1. The Morgan fingerprint density at radius 3 is 2.82 bits per heavy atom. The van der Waals surface area contributed by atoms with Gasteiger partial charge in [0.1, 0.15) is 0 Å². The van der Waals surface area contributed by atoms with Gasteiger partial charge < -0.3 is 4.74 Å². The van der Waals surface area contributed by atoms with E-state index in [0.717, 1.165) is 12.8 Å². The molecular weight excluding hydrogens is 212 g/mol. The molecule has 1 aliphatic rings. The summed E-state index contributed by atoms with van der Waals surface area (Å²) in [6.07, 6.45) is 1.87. The Morgan fingerprint density at radius 2 is 2.12 bits per heavy atom. The predicted molar refractivity (Wildman–Crippen MR) is 67.9 cm³/mol.